The molecule has 36 heavy (non-hydrogen) atoms. The number of carbonyl (C=O) groups is 2. The number of rotatable bonds is 7. The van der Waals surface area contributed by atoms with Gasteiger partial charge in [0, 0.05) is 18.8 Å². The number of amides is 2. The highest BCUT2D eigenvalue weighted by molar-refractivity contribution is 7.20. The molecule has 2 amide bonds. The molecule has 0 radical (unpaired) electrons. The van der Waals surface area contributed by atoms with Crippen LogP contribution < -0.4 is 16.6 Å². The Morgan fingerprint density at radius 3 is 2.22 bits per heavy atom. The summed E-state index contributed by atoms with van der Waals surface area (Å²) in [6, 6.07) is 15.9. The predicted octanol–water partition coefficient (Wildman–Crippen LogP) is 3.95. The summed E-state index contributed by atoms with van der Waals surface area (Å²) in [4.78, 5) is 55.9. The Hall–Kier alpha value is -3.98. The van der Waals surface area contributed by atoms with Gasteiger partial charge in [-0.25, -0.2) is 9.36 Å². The zero-order valence-corrected chi connectivity index (χ0v) is 21.5. The van der Waals surface area contributed by atoms with Gasteiger partial charge < -0.3 is 10.2 Å². The van der Waals surface area contributed by atoms with Crippen molar-refractivity contribution in [1.29, 1.82) is 0 Å². The highest BCUT2D eigenvalue weighted by Crippen LogP contribution is 2.29. The number of aromatic nitrogens is 2. The number of hydrogen-bond donors (Lipinski definition) is 1. The topological polar surface area (TPSA) is 93.4 Å². The van der Waals surface area contributed by atoms with Crippen molar-refractivity contribution in [3.05, 3.63) is 91.4 Å². The van der Waals surface area contributed by atoms with Crippen LogP contribution >= 0.6 is 11.3 Å². The van der Waals surface area contributed by atoms with E-state index in [1.54, 1.807) is 48.2 Å². The molecule has 0 fully saturated rings. The Morgan fingerprint density at radius 2 is 1.58 bits per heavy atom. The maximum absolute atomic E-state index is 13.7. The number of nitrogens with one attached hydrogen (secondary N) is 1. The fourth-order valence-electron chi connectivity index (χ4n) is 4.20. The van der Waals surface area contributed by atoms with Gasteiger partial charge in [-0.2, -0.15) is 0 Å². The molecule has 4 rings (SSSR count). The number of nitrogens with zero attached hydrogens (tertiary/aromatic N) is 3. The van der Waals surface area contributed by atoms with Crippen molar-refractivity contribution in [2.45, 2.75) is 34.2 Å². The van der Waals surface area contributed by atoms with Gasteiger partial charge >= 0.3 is 5.69 Å². The van der Waals surface area contributed by atoms with Crippen molar-refractivity contribution >= 4 is 39.1 Å². The minimum Gasteiger partial charge on any atom is -0.338 e. The van der Waals surface area contributed by atoms with Crippen molar-refractivity contribution in [2.24, 2.45) is 0 Å². The van der Waals surface area contributed by atoms with Gasteiger partial charge in [-0.15, -0.1) is 11.3 Å². The number of para-hydroxylation sites is 2. The normalized spacial score (nSPS) is 11.0. The Kier molecular flexibility index (Phi) is 7.21. The van der Waals surface area contributed by atoms with E-state index in [1.165, 1.54) is 4.57 Å². The summed E-state index contributed by atoms with van der Waals surface area (Å²) in [6.07, 6.45) is 0. The minimum absolute atomic E-state index is 0.201. The van der Waals surface area contributed by atoms with Crippen LogP contribution in [0.3, 0.4) is 0 Å². The third-order valence-corrected chi connectivity index (χ3v) is 7.50. The Labute approximate surface area is 212 Å². The number of fused-ring (bicyclic) bond motifs is 1. The van der Waals surface area contributed by atoms with Gasteiger partial charge in [0.05, 0.1) is 16.0 Å². The number of anilines is 1. The minimum atomic E-state index is -0.637. The molecule has 0 aliphatic heterocycles. The van der Waals surface area contributed by atoms with Crippen LogP contribution in [-0.2, 0) is 11.3 Å². The van der Waals surface area contributed by atoms with E-state index in [4.69, 9.17) is 0 Å². The van der Waals surface area contributed by atoms with Crippen LogP contribution in [0.1, 0.15) is 34.6 Å². The number of carbonyl (C=O) groups excluding carboxylic acids is 2. The second-order valence-corrected chi connectivity index (χ2v) is 9.42. The van der Waals surface area contributed by atoms with Crippen molar-refractivity contribution in [3.8, 4) is 5.69 Å². The smallest absolute Gasteiger partial charge is 0.337 e. The highest BCUT2D eigenvalue weighted by Gasteiger charge is 2.26. The van der Waals surface area contributed by atoms with Crippen LogP contribution in [0.5, 0.6) is 0 Å². The predicted molar refractivity (Wildman–Crippen MR) is 143 cm³/mol. The summed E-state index contributed by atoms with van der Waals surface area (Å²) in [6.45, 7) is 8.09. The van der Waals surface area contributed by atoms with Crippen LogP contribution in [0.4, 0.5) is 5.69 Å². The Morgan fingerprint density at radius 1 is 0.944 bits per heavy atom. The van der Waals surface area contributed by atoms with Gasteiger partial charge in [-0.05, 0) is 57.0 Å². The molecule has 1 N–H and O–H groups in total. The molecule has 0 aliphatic carbocycles. The second kappa shape index (κ2) is 10.3. The zero-order valence-electron chi connectivity index (χ0n) is 20.7. The molecule has 186 valence electrons. The van der Waals surface area contributed by atoms with Gasteiger partial charge in [0.15, 0.2) is 0 Å². The van der Waals surface area contributed by atoms with Gasteiger partial charge in [-0.3, -0.25) is 19.0 Å². The zero-order chi connectivity index (χ0) is 26.0. The number of thiophene rings is 1. The van der Waals surface area contributed by atoms with Crippen molar-refractivity contribution in [2.75, 3.05) is 18.4 Å². The van der Waals surface area contributed by atoms with Crippen LogP contribution in [-0.4, -0.2) is 38.9 Å². The molecule has 0 saturated heterocycles. The summed E-state index contributed by atoms with van der Waals surface area (Å²) in [5.74, 6) is -0.610. The molecule has 0 saturated carbocycles. The molecule has 9 heteroatoms. The van der Waals surface area contributed by atoms with E-state index < -0.39 is 17.2 Å². The van der Waals surface area contributed by atoms with Crippen LogP contribution in [0, 0.1) is 13.8 Å². The molecule has 4 aromatic rings. The quantitative estimate of drug-likeness (QED) is 0.412. The van der Waals surface area contributed by atoms with Gasteiger partial charge in [0.25, 0.3) is 11.5 Å². The van der Waals surface area contributed by atoms with Crippen LogP contribution in [0.15, 0.2) is 64.2 Å². The van der Waals surface area contributed by atoms with E-state index in [0.29, 0.717) is 39.7 Å². The molecule has 0 unspecified atom stereocenters. The fraction of sp³-hybridized carbons (Fsp3) is 0.259. The molecule has 0 atom stereocenters. The van der Waals surface area contributed by atoms with Crippen LogP contribution in [0.2, 0.25) is 0 Å². The van der Waals surface area contributed by atoms with E-state index in [0.717, 1.165) is 21.5 Å². The summed E-state index contributed by atoms with van der Waals surface area (Å²) in [7, 11) is 0. The largest absolute Gasteiger partial charge is 0.338 e. The first-order valence-electron chi connectivity index (χ1n) is 11.8. The lowest BCUT2D eigenvalue weighted by Crippen LogP contribution is -2.40. The molecule has 0 bridgehead atoms. The maximum atomic E-state index is 13.7. The molecular weight excluding hydrogens is 476 g/mol. The SMILES string of the molecule is CCN(CC)C(=O)c1sc2c(c1C)c(=O)n(-c1ccccc1)c(=O)n2CC(=O)Nc1ccccc1C. The Bertz CT molecular complexity index is 1560. The first-order valence-corrected chi connectivity index (χ1v) is 12.6. The van der Waals surface area contributed by atoms with E-state index in [1.807, 2.05) is 39.0 Å². The van der Waals surface area contributed by atoms with Crippen LogP contribution in [0.25, 0.3) is 15.9 Å². The first kappa shape index (κ1) is 25.1. The lowest BCUT2D eigenvalue weighted by atomic mass is 10.2. The van der Waals surface area contributed by atoms with E-state index in [9.17, 15) is 19.2 Å². The molecule has 0 spiro atoms. The average Bonchev–Trinajstić information content (AvgIpc) is 3.22. The summed E-state index contributed by atoms with van der Waals surface area (Å²) in [5.41, 5.74) is 1.28. The monoisotopic (exact) mass is 504 g/mol. The van der Waals surface area contributed by atoms with Gasteiger partial charge in [0.2, 0.25) is 5.91 Å². The van der Waals surface area contributed by atoms with E-state index in [2.05, 4.69) is 5.32 Å². The number of benzene rings is 2. The Balaban J connectivity index is 1.93. The lowest BCUT2D eigenvalue weighted by Gasteiger charge is -2.17. The standard InChI is InChI=1S/C27H28N4O4S/c1-5-29(6-2)25(34)23-18(4)22-24(33)31(19-13-8-7-9-14-19)27(35)30(26(22)36-23)16-21(32)28-20-15-11-10-12-17(20)3/h7-15H,5-6,16H2,1-4H3,(H,28,32). The molecular formula is C27H28N4O4S. The molecule has 8 nitrogen and oxygen atoms in total. The average molecular weight is 505 g/mol. The molecule has 2 aromatic heterocycles. The summed E-state index contributed by atoms with van der Waals surface area (Å²) < 4.78 is 2.35. The third kappa shape index (κ3) is 4.49. The van der Waals surface area contributed by atoms with Gasteiger partial charge in [-0.1, -0.05) is 36.4 Å². The molecule has 2 heterocycles. The van der Waals surface area contributed by atoms with E-state index in [-0.39, 0.29) is 17.8 Å². The second-order valence-electron chi connectivity index (χ2n) is 8.42. The maximum Gasteiger partial charge on any atom is 0.337 e. The first-order chi connectivity index (χ1) is 17.3. The lowest BCUT2D eigenvalue weighted by molar-refractivity contribution is -0.116. The molecule has 2 aromatic carbocycles. The summed E-state index contributed by atoms with van der Waals surface area (Å²) in [5, 5.41) is 3.11. The molecule has 0 aliphatic rings. The summed E-state index contributed by atoms with van der Waals surface area (Å²) >= 11 is 1.08. The van der Waals surface area contributed by atoms with Crippen molar-refractivity contribution in [1.82, 2.24) is 14.0 Å². The van der Waals surface area contributed by atoms with E-state index >= 15 is 0 Å². The van der Waals surface area contributed by atoms with Crippen molar-refractivity contribution in [3.63, 3.8) is 0 Å². The highest BCUT2D eigenvalue weighted by atomic mass is 32.1. The van der Waals surface area contributed by atoms with Crippen molar-refractivity contribution < 1.29 is 9.59 Å². The number of hydrogen-bond acceptors (Lipinski definition) is 5. The third-order valence-electron chi connectivity index (χ3n) is 6.19. The fourth-order valence-corrected chi connectivity index (χ4v) is 5.46. The number of aryl methyl sites for hydroxylation is 2. The van der Waals surface area contributed by atoms with Gasteiger partial charge in [0.1, 0.15) is 11.4 Å².